The van der Waals surface area contributed by atoms with Gasteiger partial charge in [0.2, 0.25) is 5.91 Å². The normalized spacial score (nSPS) is 15.4. The van der Waals surface area contributed by atoms with Crippen molar-refractivity contribution in [1.82, 2.24) is 14.7 Å². The molecule has 0 bridgehead atoms. The van der Waals surface area contributed by atoms with E-state index in [0.29, 0.717) is 24.5 Å². The molecule has 0 aliphatic carbocycles. The molecule has 1 aliphatic heterocycles. The Balaban J connectivity index is 1.46. The largest absolute Gasteiger partial charge is 0.463 e. The lowest BCUT2D eigenvalue weighted by Crippen LogP contribution is -2.51. The van der Waals surface area contributed by atoms with E-state index in [0.717, 1.165) is 13.1 Å². The zero-order chi connectivity index (χ0) is 20.4. The summed E-state index contributed by atoms with van der Waals surface area (Å²) in [6.45, 7) is 6.54. The fourth-order valence-electron chi connectivity index (χ4n) is 3.64. The monoisotopic (exact) mass is 392 g/mol. The molecule has 1 amide bonds. The van der Waals surface area contributed by atoms with Gasteiger partial charge in [0.15, 0.2) is 5.76 Å². The number of amides is 1. The molecule has 0 N–H and O–H groups in total. The third kappa shape index (κ3) is 3.94. The number of nitrogens with zero attached hydrogens (tertiary/aromatic N) is 4. The van der Waals surface area contributed by atoms with Crippen molar-refractivity contribution in [2.75, 3.05) is 31.1 Å². The van der Waals surface area contributed by atoms with Gasteiger partial charge in [0.05, 0.1) is 6.26 Å². The number of piperazine rings is 1. The Morgan fingerprint density at radius 2 is 1.86 bits per heavy atom. The van der Waals surface area contributed by atoms with Crippen LogP contribution in [0.1, 0.15) is 18.5 Å². The van der Waals surface area contributed by atoms with Gasteiger partial charge in [0.25, 0.3) is 5.56 Å². The molecule has 1 aromatic carbocycles. The number of benzene rings is 1. The summed E-state index contributed by atoms with van der Waals surface area (Å²) in [5, 5.41) is 4.36. The fourth-order valence-corrected chi connectivity index (χ4v) is 3.64. The molecule has 0 saturated carbocycles. The van der Waals surface area contributed by atoms with Crippen LogP contribution in [0, 0.1) is 6.92 Å². The average molecular weight is 392 g/mol. The van der Waals surface area contributed by atoms with E-state index < -0.39 is 6.04 Å². The predicted octanol–water partition coefficient (Wildman–Crippen LogP) is 2.72. The zero-order valence-corrected chi connectivity index (χ0v) is 16.6. The molecule has 1 atom stereocenters. The third-order valence-corrected chi connectivity index (χ3v) is 5.28. The predicted molar refractivity (Wildman–Crippen MR) is 111 cm³/mol. The molecule has 3 heterocycles. The van der Waals surface area contributed by atoms with Gasteiger partial charge in [-0.1, -0.05) is 12.1 Å². The van der Waals surface area contributed by atoms with E-state index in [1.54, 1.807) is 31.4 Å². The number of furan rings is 1. The third-order valence-electron chi connectivity index (χ3n) is 5.28. The van der Waals surface area contributed by atoms with Crippen LogP contribution in [0.3, 0.4) is 0 Å². The molecule has 1 fully saturated rings. The van der Waals surface area contributed by atoms with E-state index in [2.05, 4.69) is 35.1 Å². The van der Waals surface area contributed by atoms with Crippen LogP contribution >= 0.6 is 0 Å². The Morgan fingerprint density at radius 3 is 2.55 bits per heavy atom. The topological polar surface area (TPSA) is 71.6 Å². The van der Waals surface area contributed by atoms with Crippen LogP contribution in [0.2, 0.25) is 0 Å². The number of anilines is 1. The van der Waals surface area contributed by atoms with Crippen molar-refractivity contribution in [3.8, 4) is 11.5 Å². The van der Waals surface area contributed by atoms with Crippen LogP contribution in [0.25, 0.3) is 11.5 Å². The van der Waals surface area contributed by atoms with Gasteiger partial charge in [0.1, 0.15) is 11.7 Å². The van der Waals surface area contributed by atoms with Gasteiger partial charge in [-0.05, 0) is 49.7 Å². The molecular weight excluding hydrogens is 368 g/mol. The van der Waals surface area contributed by atoms with E-state index in [-0.39, 0.29) is 11.5 Å². The molecule has 7 heteroatoms. The summed E-state index contributed by atoms with van der Waals surface area (Å²) in [6.07, 6.45) is 1.55. The first-order valence-electron chi connectivity index (χ1n) is 9.77. The number of aromatic nitrogens is 2. The van der Waals surface area contributed by atoms with E-state index in [1.165, 1.54) is 22.0 Å². The van der Waals surface area contributed by atoms with Crippen LogP contribution in [0.15, 0.2) is 64.0 Å². The second-order valence-corrected chi connectivity index (χ2v) is 7.31. The average Bonchev–Trinajstić information content (AvgIpc) is 3.28. The Hall–Kier alpha value is -3.35. The first kappa shape index (κ1) is 19.0. The summed E-state index contributed by atoms with van der Waals surface area (Å²) >= 11 is 0. The molecular formula is C22H24N4O3. The van der Waals surface area contributed by atoms with Crippen LogP contribution in [0.5, 0.6) is 0 Å². The molecule has 3 aromatic rings. The molecule has 4 rings (SSSR count). The van der Waals surface area contributed by atoms with Crippen molar-refractivity contribution in [3.05, 3.63) is 70.7 Å². The van der Waals surface area contributed by atoms with Crippen LogP contribution in [-0.4, -0.2) is 46.8 Å². The highest BCUT2D eigenvalue weighted by Crippen LogP contribution is 2.20. The van der Waals surface area contributed by atoms with Crippen molar-refractivity contribution in [1.29, 1.82) is 0 Å². The van der Waals surface area contributed by atoms with Crippen LogP contribution < -0.4 is 10.5 Å². The first-order valence-corrected chi connectivity index (χ1v) is 9.77. The molecule has 29 heavy (non-hydrogen) atoms. The van der Waals surface area contributed by atoms with Crippen LogP contribution in [-0.2, 0) is 4.79 Å². The highest BCUT2D eigenvalue weighted by molar-refractivity contribution is 5.80. The second kappa shape index (κ2) is 7.95. The maximum absolute atomic E-state index is 13.0. The quantitative estimate of drug-likeness (QED) is 0.683. The van der Waals surface area contributed by atoms with E-state index in [1.807, 2.05) is 11.0 Å². The Kier molecular flexibility index (Phi) is 5.20. The first-order chi connectivity index (χ1) is 14.0. The van der Waals surface area contributed by atoms with E-state index in [4.69, 9.17) is 4.42 Å². The van der Waals surface area contributed by atoms with Gasteiger partial charge in [-0.2, -0.15) is 5.10 Å². The summed E-state index contributed by atoms with van der Waals surface area (Å²) in [5.41, 5.74) is 2.61. The molecule has 0 radical (unpaired) electrons. The van der Waals surface area contributed by atoms with Crippen molar-refractivity contribution in [2.45, 2.75) is 19.9 Å². The summed E-state index contributed by atoms with van der Waals surface area (Å²) in [6, 6.07) is 14.3. The highest BCUT2D eigenvalue weighted by Gasteiger charge is 2.27. The minimum absolute atomic E-state index is 0.0971. The lowest BCUT2D eigenvalue weighted by atomic mass is 10.2. The van der Waals surface area contributed by atoms with Gasteiger partial charge < -0.3 is 14.2 Å². The summed E-state index contributed by atoms with van der Waals surface area (Å²) < 4.78 is 6.60. The maximum atomic E-state index is 13.0. The number of hydrogen-bond acceptors (Lipinski definition) is 5. The molecule has 0 spiro atoms. The Morgan fingerprint density at radius 1 is 1.07 bits per heavy atom. The van der Waals surface area contributed by atoms with Crippen molar-refractivity contribution >= 4 is 11.6 Å². The van der Waals surface area contributed by atoms with Gasteiger partial charge in [-0.3, -0.25) is 9.59 Å². The molecule has 1 saturated heterocycles. The van der Waals surface area contributed by atoms with Crippen molar-refractivity contribution in [2.24, 2.45) is 0 Å². The fraction of sp³-hybridized carbons (Fsp3) is 0.318. The smallest absolute Gasteiger partial charge is 0.267 e. The molecule has 1 unspecified atom stereocenters. The van der Waals surface area contributed by atoms with Crippen LogP contribution in [0.4, 0.5) is 5.69 Å². The summed E-state index contributed by atoms with van der Waals surface area (Å²) in [4.78, 5) is 29.5. The number of hydrogen-bond donors (Lipinski definition) is 0. The highest BCUT2D eigenvalue weighted by atomic mass is 16.3. The second-order valence-electron chi connectivity index (χ2n) is 7.31. The lowest BCUT2D eigenvalue weighted by molar-refractivity contribution is -0.135. The van der Waals surface area contributed by atoms with Gasteiger partial charge >= 0.3 is 0 Å². The van der Waals surface area contributed by atoms with Crippen molar-refractivity contribution < 1.29 is 9.21 Å². The molecule has 7 nitrogen and oxygen atoms in total. The molecule has 1 aliphatic rings. The van der Waals surface area contributed by atoms with E-state index in [9.17, 15) is 9.59 Å². The number of carbonyl (C=O) groups excluding carboxylic acids is 1. The summed E-state index contributed by atoms with van der Waals surface area (Å²) in [7, 11) is 0. The van der Waals surface area contributed by atoms with Crippen molar-refractivity contribution in [3.63, 3.8) is 0 Å². The van der Waals surface area contributed by atoms with E-state index >= 15 is 0 Å². The minimum Gasteiger partial charge on any atom is -0.463 e. The number of carbonyl (C=O) groups is 1. The zero-order valence-electron chi connectivity index (χ0n) is 16.6. The standard InChI is InChI=1S/C22H24N4O3/c1-16-5-3-6-18(15-16)24-10-12-25(13-11-24)22(28)17(2)26-21(27)9-8-19(23-26)20-7-4-14-29-20/h3-9,14-15,17H,10-13H2,1-2H3. The maximum Gasteiger partial charge on any atom is 0.267 e. The molecule has 2 aromatic heterocycles. The van der Waals surface area contributed by atoms with Gasteiger partial charge in [-0.25, -0.2) is 4.68 Å². The number of aryl methyl sites for hydroxylation is 1. The van der Waals surface area contributed by atoms with Gasteiger partial charge in [0, 0.05) is 37.9 Å². The molecule has 150 valence electrons. The number of rotatable bonds is 4. The Bertz CT molecular complexity index is 1050. The summed E-state index contributed by atoms with van der Waals surface area (Å²) in [5.74, 6) is 0.463. The lowest BCUT2D eigenvalue weighted by Gasteiger charge is -2.37. The van der Waals surface area contributed by atoms with Gasteiger partial charge in [-0.15, -0.1) is 0 Å². The minimum atomic E-state index is -0.678. The Labute approximate surface area is 169 Å². The SMILES string of the molecule is Cc1cccc(N2CCN(C(=O)C(C)n3nc(-c4ccco4)ccc3=O)CC2)c1.